The van der Waals surface area contributed by atoms with Gasteiger partial charge in [0.05, 0.1) is 21.9 Å². The number of rotatable bonds is 4. The third-order valence-corrected chi connectivity index (χ3v) is 5.57. The molecule has 0 amide bonds. The van der Waals surface area contributed by atoms with Crippen molar-refractivity contribution in [2.75, 3.05) is 0 Å². The van der Waals surface area contributed by atoms with Gasteiger partial charge in [0, 0.05) is 0 Å². The Labute approximate surface area is 169 Å². The van der Waals surface area contributed by atoms with Crippen molar-refractivity contribution in [2.45, 2.75) is 24.7 Å². The lowest BCUT2D eigenvalue weighted by atomic mass is 10.1. The minimum absolute atomic E-state index is 0.0423. The van der Waals surface area contributed by atoms with E-state index in [1.807, 2.05) is 0 Å². The minimum atomic E-state index is -0.814. The van der Waals surface area contributed by atoms with E-state index in [9.17, 15) is 18.4 Å². The van der Waals surface area contributed by atoms with E-state index in [2.05, 4.69) is 0 Å². The summed E-state index contributed by atoms with van der Waals surface area (Å²) in [6, 6.07) is 8.91. The van der Waals surface area contributed by atoms with Gasteiger partial charge in [-0.25, -0.2) is 8.78 Å². The molecule has 0 heterocycles. The summed E-state index contributed by atoms with van der Waals surface area (Å²) in [5, 5.41) is 17.5. The molecule has 2 N–H and O–H groups in total. The Morgan fingerprint density at radius 1 is 0.786 bits per heavy atom. The third kappa shape index (κ3) is 4.62. The standard InChI is InChI=1S/2C10H8ClFO2/c2*11-8-2-1-5(3-9(8)12)6-4-7(6)10(13)14/h2*1-3,6-7H,4H2,(H,13,14)/t2*6-,7+/m10/s1. The predicted molar refractivity (Wildman–Crippen MR) is 99.8 cm³/mol. The molecule has 0 bridgehead atoms. The van der Waals surface area contributed by atoms with Crippen molar-refractivity contribution < 1.29 is 28.6 Å². The summed E-state index contributed by atoms with van der Waals surface area (Å²) < 4.78 is 26.0. The molecular weight excluding hydrogens is 413 g/mol. The molecular formula is C20H16Cl2F2O4. The second-order valence-corrected chi connectivity index (χ2v) is 7.74. The van der Waals surface area contributed by atoms with E-state index in [0.29, 0.717) is 12.8 Å². The molecule has 0 radical (unpaired) electrons. The van der Waals surface area contributed by atoms with E-state index < -0.39 is 23.6 Å². The van der Waals surface area contributed by atoms with Crippen LogP contribution in [0.1, 0.15) is 35.8 Å². The van der Waals surface area contributed by atoms with Crippen LogP contribution in [-0.4, -0.2) is 22.2 Å². The summed E-state index contributed by atoms with van der Waals surface area (Å²) in [6.07, 6.45) is 1.19. The van der Waals surface area contributed by atoms with Crippen molar-refractivity contribution in [3.8, 4) is 0 Å². The Morgan fingerprint density at radius 2 is 1.14 bits per heavy atom. The van der Waals surface area contributed by atoms with Crippen LogP contribution in [0.25, 0.3) is 0 Å². The summed E-state index contributed by atoms with van der Waals surface area (Å²) in [6.45, 7) is 0. The van der Waals surface area contributed by atoms with Gasteiger partial charge >= 0.3 is 11.9 Å². The zero-order valence-corrected chi connectivity index (χ0v) is 15.9. The first kappa shape index (κ1) is 20.6. The number of hydrogen-bond donors (Lipinski definition) is 2. The molecule has 4 nitrogen and oxygen atoms in total. The smallest absolute Gasteiger partial charge is 0.307 e. The van der Waals surface area contributed by atoms with Gasteiger partial charge in [0.2, 0.25) is 0 Å². The average molecular weight is 429 g/mol. The summed E-state index contributed by atoms with van der Waals surface area (Å²) in [5.74, 6) is -3.39. The predicted octanol–water partition coefficient (Wildman–Crippen LogP) is 5.33. The molecule has 28 heavy (non-hydrogen) atoms. The van der Waals surface area contributed by atoms with Crippen LogP contribution in [0, 0.1) is 23.5 Å². The Hall–Kier alpha value is -2.18. The SMILES string of the molecule is O=C(O)[C@@H]1C[C@H]1c1ccc(Cl)c(F)c1.O=C(O)[C@H]1C[C@@H]1c1ccc(Cl)c(F)c1. The van der Waals surface area contributed by atoms with Gasteiger partial charge < -0.3 is 10.2 Å². The molecule has 4 atom stereocenters. The number of carboxylic acid groups (broad SMARTS) is 2. The summed E-state index contributed by atoms with van der Waals surface area (Å²) >= 11 is 11.0. The molecule has 2 aliphatic carbocycles. The fourth-order valence-corrected chi connectivity index (χ4v) is 3.39. The van der Waals surface area contributed by atoms with Gasteiger partial charge in [-0.05, 0) is 60.1 Å². The molecule has 0 spiro atoms. The molecule has 0 aliphatic heterocycles. The average Bonchev–Trinajstić information content (AvgIpc) is 3.53. The van der Waals surface area contributed by atoms with Gasteiger partial charge in [0.1, 0.15) is 11.6 Å². The molecule has 0 unspecified atom stereocenters. The summed E-state index contributed by atoms with van der Waals surface area (Å²) in [7, 11) is 0. The molecule has 2 fully saturated rings. The van der Waals surface area contributed by atoms with Gasteiger partial charge in [-0.15, -0.1) is 0 Å². The first-order valence-corrected chi connectivity index (χ1v) is 9.30. The largest absolute Gasteiger partial charge is 0.481 e. The molecule has 2 saturated carbocycles. The van der Waals surface area contributed by atoms with Crippen LogP contribution in [0.2, 0.25) is 10.0 Å². The number of benzene rings is 2. The van der Waals surface area contributed by atoms with Crippen LogP contribution in [0.4, 0.5) is 8.78 Å². The lowest BCUT2D eigenvalue weighted by Crippen LogP contribution is -1.99. The highest BCUT2D eigenvalue weighted by Crippen LogP contribution is 2.48. The highest BCUT2D eigenvalue weighted by molar-refractivity contribution is 6.31. The summed E-state index contributed by atoms with van der Waals surface area (Å²) in [4.78, 5) is 21.2. The van der Waals surface area contributed by atoms with Crippen molar-refractivity contribution in [1.29, 1.82) is 0 Å². The maximum atomic E-state index is 13.0. The van der Waals surface area contributed by atoms with Crippen molar-refractivity contribution in [2.24, 2.45) is 11.8 Å². The molecule has 8 heteroatoms. The monoisotopic (exact) mass is 428 g/mol. The van der Waals surface area contributed by atoms with Crippen LogP contribution >= 0.6 is 23.2 Å². The van der Waals surface area contributed by atoms with Gasteiger partial charge in [0.15, 0.2) is 0 Å². The second kappa shape index (κ2) is 8.05. The number of carboxylic acids is 2. The topological polar surface area (TPSA) is 74.6 Å². The highest BCUT2D eigenvalue weighted by atomic mass is 35.5. The van der Waals surface area contributed by atoms with Gasteiger partial charge in [-0.2, -0.15) is 0 Å². The van der Waals surface area contributed by atoms with Crippen LogP contribution in [-0.2, 0) is 9.59 Å². The second-order valence-electron chi connectivity index (χ2n) is 6.92. The molecule has 148 valence electrons. The Balaban J connectivity index is 0.000000161. The number of carbonyl (C=O) groups is 2. The van der Waals surface area contributed by atoms with Crippen LogP contribution < -0.4 is 0 Å². The zero-order valence-electron chi connectivity index (χ0n) is 14.4. The van der Waals surface area contributed by atoms with Crippen molar-refractivity contribution >= 4 is 35.1 Å². The fourth-order valence-electron chi connectivity index (χ4n) is 3.16. The van der Waals surface area contributed by atoms with Crippen LogP contribution in [0.3, 0.4) is 0 Å². The van der Waals surface area contributed by atoms with Crippen LogP contribution in [0.15, 0.2) is 36.4 Å². The Bertz CT molecular complexity index is 859. The van der Waals surface area contributed by atoms with Crippen molar-refractivity contribution in [3.63, 3.8) is 0 Å². The zero-order chi connectivity index (χ0) is 20.6. The molecule has 2 aliphatic rings. The highest BCUT2D eigenvalue weighted by Gasteiger charge is 2.45. The minimum Gasteiger partial charge on any atom is -0.481 e. The summed E-state index contributed by atoms with van der Waals surface area (Å²) in [5.41, 5.74) is 1.44. The van der Waals surface area contributed by atoms with E-state index in [0.717, 1.165) is 11.1 Å². The van der Waals surface area contributed by atoms with Gasteiger partial charge in [0.25, 0.3) is 0 Å². The fraction of sp³-hybridized carbons (Fsp3) is 0.300. The first-order chi connectivity index (χ1) is 13.2. The maximum absolute atomic E-state index is 13.0. The van der Waals surface area contributed by atoms with E-state index in [4.69, 9.17) is 33.4 Å². The van der Waals surface area contributed by atoms with E-state index in [1.165, 1.54) is 24.3 Å². The lowest BCUT2D eigenvalue weighted by molar-refractivity contribution is -0.139. The molecule has 0 saturated heterocycles. The Kier molecular flexibility index (Phi) is 5.91. The number of hydrogen-bond acceptors (Lipinski definition) is 2. The van der Waals surface area contributed by atoms with E-state index in [1.54, 1.807) is 12.1 Å². The van der Waals surface area contributed by atoms with E-state index in [-0.39, 0.29) is 33.7 Å². The number of aliphatic carboxylic acids is 2. The van der Waals surface area contributed by atoms with Crippen molar-refractivity contribution in [1.82, 2.24) is 0 Å². The lowest BCUT2D eigenvalue weighted by Gasteiger charge is -1.99. The Morgan fingerprint density at radius 3 is 1.39 bits per heavy atom. The molecule has 2 aromatic rings. The normalized spacial score (nSPS) is 24.7. The van der Waals surface area contributed by atoms with E-state index >= 15 is 0 Å². The third-order valence-electron chi connectivity index (χ3n) is 4.96. The van der Waals surface area contributed by atoms with Gasteiger partial charge in [-0.3, -0.25) is 9.59 Å². The first-order valence-electron chi connectivity index (χ1n) is 8.54. The van der Waals surface area contributed by atoms with Crippen molar-refractivity contribution in [3.05, 3.63) is 69.2 Å². The van der Waals surface area contributed by atoms with Gasteiger partial charge in [-0.1, -0.05) is 35.3 Å². The molecule has 4 rings (SSSR count). The molecule has 2 aromatic carbocycles. The maximum Gasteiger partial charge on any atom is 0.307 e. The molecule has 0 aromatic heterocycles. The number of halogens is 4. The quantitative estimate of drug-likeness (QED) is 0.689. The van der Waals surface area contributed by atoms with Crippen LogP contribution in [0.5, 0.6) is 0 Å².